The molecule has 0 bridgehead atoms. The van der Waals surface area contributed by atoms with E-state index in [1.54, 1.807) is 18.2 Å². The van der Waals surface area contributed by atoms with E-state index in [1.807, 2.05) is 0 Å². The van der Waals surface area contributed by atoms with Gasteiger partial charge in [0.2, 0.25) is 0 Å². The van der Waals surface area contributed by atoms with Gasteiger partial charge in [-0.1, -0.05) is 23.4 Å². The van der Waals surface area contributed by atoms with E-state index in [0.29, 0.717) is 0 Å². The minimum absolute atomic E-state index is 0.0177. The Morgan fingerprint density at radius 3 is 2.48 bits per heavy atom. The van der Waals surface area contributed by atoms with Gasteiger partial charge in [-0.05, 0) is 50.1 Å². The molecule has 1 aliphatic heterocycles. The Hall–Kier alpha value is -2.92. The number of halogens is 2. The Morgan fingerprint density at radius 1 is 1.19 bits per heavy atom. The Bertz CT molecular complexity index is 1040. The molecule has 0 aromatic heterocycles. The number of oxime groups is 1. The number of nitro benzene ring substituents is 1. The van der Waals surface area contributed by atoms with Crippen LogP contribution in [0.4, 0.5) is 11.4 Å². The molecule has 1 amide bonds. The topological polar surface area (TPSA) is 128 Å². The normalized spacial score (nSPS) is 14.5. The third kappa shape index (κ3) is 3.51. The number of hydrogen-bond acceptors (Lipinski definition) is 7. The standard InChI is InChI=1S/C16H7Br2N3O6/c17-8-6-9-10(13(11(8)18)21(25)26)12(14(22)15(23)19-9)20-27-16(24)7-4-2-1-3-5-7/h1-6H,(H,19,23). The van der Waals surface area contributed by atoms with Crippen molar-refractivity contribution in [2.24, 2.45) is 5.16 Å². The maximum atomic E-state index is 12.2. The highest BCUT2D eigenvalue weighted by Gasteiger charge is 2.39. The molecule has 2 aromatic rings. The molecule has 2 aromatic carbocycles. The summed E-state index contributed by atoms with van der Waals surface area (Å²) in [5, 5.41) is 17.2. The van der Waals surface area contributed by atoms with Crippen LogP contribution in [-0.4, -0.2) is 28.3 Å². The number of benzene rings is 2. The summed E-state index contributed by atoms with van der Waals surface area (Å²) in [5.74, 6) is -3.11. The van der Waals surface area contributed by atoms with Crippen molar-refractivity contribution in [2.45, 2.75) is 0 Å². The number of nitro groups is 1. The molecular weight excluding hydrogens is 490 g/mol. The SMILES string of the molecule is O=C1Nc2cc(Br)c(Br)c([N+](=O)[O-])c2C(=NOC(=O)c2ccccc2)C1=O. The Balaban J connectivity index is 2.12. The van der Waals surface area contributed by atoms with Crippen LogP contribution in [0.3, 0.4) is 0 Å². The maximum absolute atomic E-state index is 12.2. The molecule has 1 heterocycles. The third-order valence-corrected chi connectivity index (χ3v) is 5.47. The van der Waals surface area contributed by atoms with Crippen LogP contribution in [0.1, 0.15) is 15.9 Å². The van der Waals surface area contributed by atoms with Crippen LogP contribution < -0.4 is 5.32 Å². The molecule has 136 valence electrons. The summed E-state index contributed by atoms with van der Waals surface area (Å²) in [6.45, 7) is 0. The van der Waals surface area contributed by atoms with Crippen molar-refractivity contribution in [3.05, 3.63) is 66.6 Å². The Labute approximate surface area is 167 Å². The number of hydrogen-bond donors (Lipinski definition) is 1. The van der Waals surface area contributed by atoms with Gasteiger partial charge in [0, 0.05) is 4.47 Å². The van der Waals surface area contributed by atoms with Crippen molar-refractivity contribution < 1.29 is 24.1 Å². The molecule has 0 unspecified atom stereocenters. The number of fused-ring (bicyclic) bond motifs is 1. The number of carbonyl (C=O) groups is 3. The van der Waals surface area contributed by atoms with Crippen LogP contribution >= 0.6 is 31.9 Å². The average molecular weight is 497 g/mol. The van der Waals surface area contributed by atoms with Crippen LogP contribution in [0.15, 0.2) is 50.5 Å². The smallest absolute Gasteiger partial charge is 0.318 e. The van der Waals surface area contributed by atoms with Crippen LogP contribution in [0.25, 0.3) is 0 Å². The van der Waals surface area contributed by atoms with Crippen molar-refractivity contribution in [1.29, 1.82) is 0 Å². The second kappa shape index (κ2) is 7.37. The number of nitrogens with zero attached hydrogens (tertiary/aromatic N) is 2. The van der Waals surface area contributed by atoms with Gasteiger partial charge in [-0.3, -0.25) is 19.7 Å². The summed E-state index contributed by atoms with van der Waals surface area (Å²) >= 11 is 6.19. The van der Waals surface area contributed by atoms with Crippen LogP contribution in [-0.2, 0) is 14.4 Å². The fraction of sp³-hybridized carbons (Fsp3) is 0. The first kappa shape index (κ1) is 18.9. The highest BCUT2D eigenvalue weighted by Crippen LogP contribution is 2.41. The predicted octanol–water partition coefficient (Wildman–Crippen LogP) is 3.20. The average Bonchev–Trinajstić information content (AvgIpc) is 2.64. The van der Waals surface area contributed by atoms with Crippen molar-refractivity contribution in [3.8, 4) is 0 Å². The van der Waals surface area contributed by atoms with E-state index in [2.05, 4.69) is 42.3 Å². The zero-order chi connectivity index (χ0) is 19.7. The molecule has 0 fully saturated rings. The molecule has 0 atom stereocenters. The maximum Gasteiger partial charge on any atom is 0.365 e. The van der Waals surface area contributed by atoms with E-state index in [0.717, 1.165) is 0 Å². The van der Waals surface area contributed by atoms with Gasteiger partial charge in [-0.15, -0.1) is 0 Å². The van der Waals surface area contributed by atoms with Crippen LogP contribution in [0.2, 0.25) is 0 Å². The molecule has 0 saturated heterocycles. The lowest BCUT2D eigenvalue weighted by Crippen LogP contribution is -2.37. The molecule has 0 aliphatic carbocycles. The number of rotatable bonds is 3. The minimum atomic E-state index is -1.17. The summed E-state index contributed by atoms with van der Waals surface area (Å²) in [6, 6.07) is 9.16. The zero-order valence-electron chi connectivity index (χ0n) is 13.1. The van der Waals surface area contributed by atoms with Crippen LogP contribution in [0, 0.1) is 10.1 Å². The molecule has 0 spiro atoms. The number of carbonyl (C=O) groups excluding carboxylic acids is 3. The molecule has 0 saturated carbocycles. The molecule has 11 heteroatoms. The van der Waals surface area contributed by atoms with Gasteiger partial charge in [0.15, 0.2) is 5.71 Å². The second-order valence-electron chi connectivity index (χ2n) is 5.17. The van der Waals surface area contributed by atoms with E-state index in [9.17, 15) is 24.5 Å². The van der Waals surface area contributed by atoms with Gasteiger partial charge in [0.25, 0.3) is 17.4 Å². The summed E-state index contributed by atoms with van der Waals surface area (Å²) < 4.78 is 0.320. The first-order valence-corrected chi connectivity index (χ1v) is 8.76. The third-order valence-electron chi connectivity index (χ3n) is 3.51. The summed E-state index contributed by atoms with van der Waals surface area (Å²) in [6.07, 6.45) is 0. The fourth-order valence-electron chi connectivity index (χ4n) is 2.32. The summed E-state index contributed by atoms with van der Waals surface area (Å²) in [4.78, 5) is 51.7. The number of amides is 1. The van der Waals surface area contributed by atoms with E-state index in [4.69, 9.17) is 4.84 Å². The summed E-state index contributed by atoms with van der Waals surface area (Å²) in [7, 11) is 0. The quantitative estimate of drug-likeness (QED) is 0.300. The lowest BCUT2D eigenvalue weighted by molar-refractivity contribution is -0.385. The summed E-state index contributed by atoms with van der Waals surface area (Å²) in [5.41, 5.74) is -1.28. The van der Waals surface area contributed by atoms with E-state index >= 15 is 0 Å². The highest BCUT2D eigenvalue weighted by molar-refractivity contribution is 9.13. The van der Waals surface area contributed by atoms with E-state index < -0.39 is 34.0 Å². The van der Waals surface area contributed by atoms with Gasteiger partial charge in [-0.2, -0.15) is 0 Å². The Morgan fingerprint density at radius 2 is 1.85 bits per heavy atom. The van der Waals surface area contributed by atoms with Gasteiger partial charge < -0.3 is 10.2 Å². The molecule has 1 N–H and O–H groups in total. The highest BCUT2D eigenvalue weighted by atomic mass is 79.9. The van der Waals surface area contributed by atoms with Crippen molar-refractivity contribution in [1.82, 2.24) is 0 Å². The van der Waals surface area contributed by atoms with Gasteiger partial charge in [0.1, 0.15) is 10.0 Å². The minimum Gasteiger partial charge on any atom is -0.318 e. The molecule has 3 rings (SSSR count). The number of Topliss-reactive ketones (excluding diaryl/α,β-unsaturated/α-hetero) is 1. The Kier molecular flexibility index (Phi) is 5.15. The first-order chi connectivity index (χ1) is 12.8. The van der Waals surface area contributed by atoms with E-state index in [-0.39, 0.29) is 25.8 Å². The molecule has 1 aliphatic rings. The monoisotopic (exact) mass is 495 g/mol. The first-order valence-electron chi connectivity index (χ1n) is 7.18. The second-order valence-corrected chi connectivity index (χ2v) is 6.82. The number of ketones is 1. The van der Waals surface area contributed by atoms with Gasteiger partial charge >= 0.3 is 5.97 Å². The molecule has 0 radical (unpaired) electrons. The predicted molar refractivity (Wildman–Crippen MR) is 101 cm³/mol. The van der Waals surface area contributed by atoms with Crippen molar-refractivity contribution >= 4 is 66.6 Å². The number of nitrogens with one attached hydrogen (secondary N) is 1. The van der Waals surface area contributed by atoms with Gasteiger partial charge in [-0.25, -0.2) is 4.79 Å². The molecule has 27 heavy (non-hydrogen) atoms. The van der Waals surface area contributed by atoms with Crippen LogP contribution in [0.5, 0.6) is 0 Å². The van der Waals surface area contributed by atoms with Crippen molar-refractivity contribution in [2.75, 3.05) is 5.32 Å². The molecule has 9 nitrogen and oxygen atoms in total. The lowest BCUT2D eigenvalue weighted by Gasteiger charge is -2.18. The molecular formula is C16H7Br2N3O6. The van der Waals surface area contributed by atoms with E-state index in [1.165, 1.54) is 18.2 Å². The largest absolute Gasteiger partial charge is 0.365 e. The fourth-order valence-corrected chi connectivity index (χ4v) is 3.20. The van der Waals surface area contributed by atoms with Gasteiger partial charge in [0.05, 0.1) is 16.2 Å². The lowest BCUT2D eigenvalue weighted by atomic mass is 9.98. The number of anilines is 1. The zero-order valence-corrected chi connectivity index (χ0v) is 16.2. The van der Waals surface area contributed by atoms with Crippen molar-refractivity contribution in [3.63, 3.8) is 0 Å².